The molecule has 0 saturated carbocycles. The molecule has 4 heteroatoms. The summed E-state index contributed by atoms with van der Waals surface area (Å²) in [5, 5.41) is 0. The third-order valence-electron chi connectivity index (χ3n) is 3.95. The number of nitrogens with two attached hydrogens (primary N) is 1. The zero-order chi connectivity index (χ0) is 15.4. The SMILES string of the molecule is COCC(N)c1ccc2c(c1)CN(C(=O)CC(C)C)CC2. The second-order valence-corrected chi connectivity index (χ2v) is 6.25. The molecule has 0 spiro atoms. The second kappa shape index (κ2) is 7.05. The van der Waals surface area contributed by atoms with Gasteiger partial charge in [0.1, 0.15) is 0 Å². The maximum atomic E-state index is 12.2. The van der Waals surface area contributed by atoms with Crippen LogP contribution in [0.25, 0.3) is 0 Å². The number of fused-ring (bicyclic) bond motifs is 1. The first-order valence-electron chi connectivity index (χ1n) is 7.65. The molecule has 1 aliphatic heterocycles. The van der Waals surface area contributed by atoms with Crippen LogP contribution in [0.2, 0.25) is 0 Å². The molecule has 1 unspecified atom stereocenters. The lowest BCUT2D eigenvalue weighted by Crippen LogP contribution is -2.36. The van der Waals surface area contributed by atoms with Gasteiger partial charge in [-0.3, -0.25) is 4.79 Å². The van der Waals surface area contributed by atoms with Crippen molar-refractivity contribution in [2.45, 2.75) is 39.3 Å². The average Bonchev–Trinajstić information content (AvgIpc) is 2.45. The van der Waals surface area contributed by atoms with Crippen LogP contribution in [-0.2, 0) is 22.5 Å². The number of hydrogen-bond donors (Lipinski definition) is 1. The molecule has 21 heavy (non-hydrogen) atoms. The maximum absolute atomic E-state index is 12.2. The van der Waals surface area contributed by atoms with Crippen LogP contribution in [0.15, 0.2) is 18.2 Å². The highest BCUT2D eigenvalue weighted by Gasteiger charge is 2.22. The van der Waals surface area contributed by atoms with Gasteiger partial charge in [-0.2, -0.15) is 0 Å². The smallest absolute Gasteiger partial charge is 0.223 e. The minimum atomic E-state index is -0.109. The number of carbonyl (C=O) groups excluding carboxylic acids is 1. The van der Waals surface area contributed by atoms with E-state index < -0.39 is 0 Å². The van der Waals surface area contributed by atoms with Gasteiger partial charge < -0.3 is 15.4 Å². The van der Waals surface area contributed by atoms with Gasteiger partial charge in [0.05, 0.1) is 12.6 Å². The van der Waals surface area contributed by atoms with E-state index >= 15 is 0 Å². The minimum absolute atomic E-state index is 0.109. The van der Waals surface area contributed by atoms with E-state index in [1.165, 1.54) is 11.1 Å². The van der Waals surface area contributed by atoms with E-state index in [1.807, 2.05) is 4.90 Å². The molecule has 0 radical (unpaired) electrons. The van der Waals surface area contributed by atoms with E-state index in [2.05, 4.69) is 32.0 Å². The highest BCUT2D eigenvalue weighted by molar-refractivity contribution is 5.76. The van der Waals surface area contributed by atoms with Crippen LogP contribution in [0.5, 0.6) is 0 Å². The van der Waals surface area contributed by atoms with E-state index in [9.17, 15) is 4.79 Å². The van der Waals surface area contributed by atoms with Gasteiger partial charge in [-0.25, -0.2) is 0 Å². The molecule has 116 valence electrons. The molecule has 0 fully saturated rings. The molecule has 2 N–H and O–H groups in total. The summed E-state index contributed by atoms with van der Waals surface area (Å²) in [5.41, 5.74) is 9.73. The zero-order valence-electron chi connectivity index (χ0n) is 13.3. The summed E-state index contributed by atoms with van der Waals surface area (Å²) in [5.74, 6) is 0.655. The van der Waals surface area contributed by atoms with Crippen LogP contribution in [-0.4, -0.2) is 31.1 Å². The number of amides is 1. The molecule has 0 saturated heterocycles. The Labute approximate surface area is 127 Å². The average molecular weight is 290 g/mol. The summed E-state index contributed by atoms with van der Waals surface area (Å²) in [6, 6.07) is 6.24. The molecule has 1 atom stereocenters. The zero-order valence-corrected chi connectivity index (χ0v) is 13.3. The van der Waals surface area contributed by atoms with Crippen LogP contribution >= 0.6 is 0 Å². The Kier molecular flexibility index (Phi) is 5.37. The molecular formula is C17H26N2O2. The molecule has 1 amide bonds. The predicted octanol–water partition coefficient (Wildman–Crippen LogP) is 2.26. The van der Waals surface area contributed by atoms with Gasteiger partial charge in [0.25, 0.3) is 0 Å². The largest absolute Gasteiger partial charge is 0.383 e. The first kappa shape index (κ1) is 16.0. The van der Waals surface area contributed by atoms with Crippen molar-refractivity contribution in [2.75, 3.05) is 20.3 Å². The Morgan fingerprint density at radius 1 is 1.38 bits per heavy atom. The number of hydrogen-bond acceptors (Lipinski definition) is 3. The second-order valence-electron chi connectivity index (χ2n) is 6.25. The summed E-state index contributed by atoms with van der Waals surface area (Å²) in [7, 11) is 1.66. The fourth-order valence-electron chi connectivity index (χ4n) is 2.77. The molecular weight excluding hydrogens is 264 g/mol. The molecule has 0 bridgehead atoms. The first-order chi connectivity index (χ1) is 10.0. The third-order valence-corrected chi connectivity index (χ3v) is 3.95. The first-order valence-corrected chi connectivity index (χ1v) is 7.65. The third kappa shape index (κ3) is 4.05. The van der Waals surface area contributed by atoms with Crippen LogP contribution in [0.4, 0.5) is 0 Å². The topological polar surface area (TPSA) is 55.6 Å². The molecule has 1 aromatic rings. The number of methoxy groups -OCH3 is 1. The monoisotopic (exact) mass is 290 g/mol. The van der Waals surface area contributed by atoms with E-state index in [0.717, 1.165) is 18.5 Å². The fraction of sp³-hybridized carbons (Fsp3) is 0.588. The van der Waals surface area contributed by atoms with E-state index in [1.54, 1.807) is 7.11 Å². The Morgan fingerprint density at radius 3 is 2.81 bits per heavy atom. The van der Waals surface area contributed by atoms with Crippen molar-refractivity contribution in [3.63, 3.8) is 0 Å². The number of rotatable bonds is 5. The van der Waals surface area contributed by atoms with Crippen molar-refractivity contribution in [2.24, 2.45) is 11.7 Å². The summed E-state index contributed by atoms with van der Waals surface area (Å²) in [4.78, 5) is 14.2. The number of carbonyl (C=O) groups is 1. The van der Waals surface area contributed by atoms with Gasteiger partial charge in [-0.1, -0.05) is 32.0 Å². The molecule has 1 heterocycles. The maximum Gasteiger partial charge on any atom is 0.223 e. The number of ether oxygens (including phenoxy) is 1. The van der Waals surface area contributed by atoms with Crippen molar-refractivity contribution < 1.29 is 9.53 Å². The van der Waals surface area contributed by atoms with Crippen LogP contribution in [0, 0.1) is 5.92 Å². The highest BCUT2D eigenvalue weighted by Crippen LogP contribution is 2.23. The Hall–Kier alpha value is -1.39. The molecule has 1 aliphatic rings. The van der Waals surface area contributed by atoms with Gasteiger partial charge in [0.15, 0.2) is 0 Å². The Morgan fingerprint density at radius 2 is 2.14 bits per heavy atom. The van der Waals surface area contributed by atoms with Crippen LogP contribution in [0.3, 0.4) is 0 Å². The standard InChI is InChI=1S/C17H26N2O2/c1-12(2)8-17(20)19-7-6-13-4-5-14(9-15(13)10-19)16(18)11-21-3/h4-5,9,12,16H,6-8,10-11,18H2,1-3H3. The van der Waals surface area contributed by atoms with E-state index in [0.29, 0.717) is 25.5 Å². The molecule has 0 aromatic heterocycles. The van der Waals surface area contributed by atoms with E-state index in [-0.39, 0.29) is 11.9 Å². The quantitative estimate of drug-likeness (QED) is 0.905. The Bertz CT molecular complexity index is 500. The summed E-state index contributed by atoms with van der Waals surface area (Å²) >= 11 is 0. The molecule has 4 nitrogen and oxygen atoms in total. The van der Waals surface area contributed by atoms with Gasteiger partial charge >= 0.3 is 0 Å². The summed E-state index contributed by atoms with van der Waals surface area (Å²) in [6.45, 7) is 6.20. The highest BCUT2D eigenvalue weighted by atomic mass is 16.5. The van der Waals surface area contributed by atoms with Gasteiger partial charge in [0, 0.05) is 26.6 Å². The number of nitrogens with zero attached hydrogens (tertiary/aromatic N) is 1. The lowest BCUT2D eigenvalue weighted by molar-refractivity contribution is -0.132. The van der Waals surface area contributed by atoms with Crippen molar-refractivity contribution in [1.82, 2.24) is 4.90 Å². The molecule has 0 aliphatic carbocycles. The summed E-state index contributed by atoms with van der Waals surface area (Å²) in [6.07, 6.45) is 1.55. The van der Waals surface area contributed by atoms with Crippen molar-refractivity contribution in [3.8, 4) is 0 Å². The van der Waals surface area contributed by atoms with Crippen LogP contribution < -0.4 is 5.73 Å². The van der Waals surface area contributed by atoms with E-state index in [4.69, 9.17) is 10.5 Å². The minimum Gasteiger partial charge on any atom is -0.383 e. The van der Waals surface area contributed by atoms with Crippen LogP contribution in [0.1, 0.15) is 43.0 Å². The van der Waals surface area contributed by atoms with Gasteiger partial charge in [0.2, 0.25) is 5.91 Å². The predicted molar refractivity (Wildman–Crippen MR) is 83.8 cm³/mol. The lowest BCUT2D eigenvalue weighted by atomic mass is 9.94. The fourth-order valence-corrected chi connectivity index (χ4v) is 2.77. The Balaban J connectivity index is 2.11. The summed E-state index contributed by atoms with van der Waals surface area (Å²) < 4.78 is 5.12. The van der Waals surface area contributed by atoms with Crippen molar-refractivity contribution in [3.05, 3.63) is 34.9 Å². The van der Waals surface area contributed by atoms with Gasteiger partial charge in [-0.15, -0.1) is 0 Å². The van der Waals surface area contributed by atoms with Crippen molar-refractivity contribution >= 4 is 5.91 Å². The number of benzene rings is 1. The molecule has 1 aromatic carbocycles. The normalized spacial score (nSPS) is 16.0. The lowest BCUT2D eigenvalue weighted by Gasteiger charge is -2.30. The van der Waals surface area contributed by atoms with Gasteiger partial charge in [-0.05, 0) is 29.0 Å². The molecule has 2 rings (SSSR count). The van der Waals surface area contributed by atoms with Crippen molar-refractivity contribution in [1.29, 1.82) is 0 Å².